The second-order valence-corrected chi connectivity index (χ2v) is 6.70. The van der Waals surface area contributed by atoms with E-state index >= 15 is 0 Å². The Labute approximate surface area is 140 Å². The summed E-state index contributed by atoms with van der Waals surface area (Å²) < 4.78 is 13.1. The first kappa shape index (κ1) is 14.9. The van der Waals surface area contributed by atoms with Crippen molar-refractivity contribution in [2.75, 3.05) is 7.11 Å². The Morgan fingerprint density at radius 3 is 2.71 bits per heavy atom. The average Bonchev–Trinajstić information content (AvgIpc) is 2.46. The van der Waals surface area contributed by atoms with E-state index < -0.39 is 6.10 Å². The maximum Gasteiger partial charge on any atom is 0.133 e. The molecule has 0 radical (unpaired) electrons. The van der Waals surface area contributed by atoms with E-state index in [2.05, 4.69) is 31.9 Å². The summed E-state index contributed by atoms with van der Waals surface area (Å²) in [6.45, 7) is 0. The zero-order valence-electron chi connectivity index (χ0n) is 11.3. The van der Waals surface area contributed by atoms with Crippen molar-refractivity contribution in [2.24, 2.45) is 0 Å². The summed E-state index contributed by atoms with van der Waals surface area (Å²) in [5.74, 6) is 1.50. The molecule has 2 aromatic rings. The van der Waals surface area contributed by atoms with Crippen molar-refractivity contribution in [3.8, 4) is 11.5 Å². The van der Waals surface area contributed by atoms with Crippen molar-refractivity contribution in [2.45, 2.75) is 18.6 Å². The molecule has 0 aliphatic carbocycles. The van der Waals surface area contributed by atoms with E-state index in [4.69, 9.17) is 9.47 Å². The minimum absolute atomic E-state index is 0.177. The molecule has 1 heterocycles. The van der Waals surface area contributed by atoms with E-state index in [1.807, 2.05) is 36.4 Å². The standard InChI is InChI=1S/C16H14Br2O3/c1-20-14-5-2-9(6-12(14)18)15-8-13(19)11-4-3-10(17)7-16(11)21-15/h2-7,13,15,19H,8H2,1H3/t13-,15?/m0/s1. The first-order valence-corrected chi connectivity index (χ1v) is 8.14. The Bertz CT molecular complexity index is 673. The summed E-state index contributed by atoms with van der Waals surface area (Å²) in [7, 11) is 1.63. The van der Waals surface area contributed by atoms with Crippen molar-refractivity contribution in [3.63, 3.8) is 0 Å². The molecule has 1 unspecified atom stereocenters. The molecular weight excluding hydrogens is 400 g/mol. The van der Waals surface area contributed by atoms with Crippen LogP contribution in [0.2, 0.25) is 0 Å². The van der Waals surface area contributed by atoms with E-state index in [-0.39, 0.29) is 6.10 Å². The zero-order chi connectivity index (χ0) is 15.0. The van der Waals surface area contributed by atoms with Gasteiger partial charge in [0.15, 0.2) is 0 Å². The fourth-order valence-electron chi connectivity index (χ4n) is 2.50. The van der Waals surface area contributed by atoms with Crippen molar-refractivity contribution in [1.82, 2.24) is 0 Å². The molecule has 0 spiro atoms. The summed E-state index contributed by atoms with van der Waals surface area (Å²) in [5.41, 5.74) is 1.84. The minimum atomic E-state index is -0.521. The predicted molar refractivity (Wildman–Crippen MR) is 87.8 cm³/mol. The first-order valence-electron chi connectivity index (χ1n) is 6.56. The van der Waals surface area contributed by atoms with Gasteiger partial charge in [0.2, 0.25) is 0 Å². The molecular formula is C16H14Br2O3. The summed E-state index contributed by atoms with van der Waals surface area (Å²) >= 11 is 6.91. The Hall–Kier alpha value is -1.04. The van der Waals surface area contributed by atoms with E-state index in [9.17, 15) is 5.11 Å². The highest BCUT2D eigenvalue weighted by Crippen LogP contribution is 2.42. The second kappa shape index (κ2) is 5.99. The number of aliphatic hydroxyl groups excluding tert-OH is 1. The first-order chi connectivity index (χ1) is 10.1. The molecule has 0 saturated carbocycles. The highest BCUT2D eigenvalue weighted by Gasteiger charge is 2.28. The van der Waals surface area contributed by atoms with E-state index in [0.717, 1.165) is 31.6 Å². The predicted octanol–water partition coefficient (Wildman–Crippen LogP) is 4.78. The quantitative estimate of drug-likeness (QED) is 0.769. The molecule has 2 aromatic carbocycles. The molecule has 1 aliphatic heterocycles. The third-order valence-electron chi connectivity index (χ3n) is 3.59. The number of benzene rings is 2. The molecule has 5 heteroatoms. The largest absolute Gasteiger partial charge is 0.496 e. The van der Waals surface area contributed by atoms with Gasteiger partial charge in [-0.05, 0) is 45.8 Å². The van der Waals surface area contributed by atoms with Crippen LogP contribution in [0.25, 0.3) is 0 Å². The van der Waals surface area contributed by atoms with Crippen LogP contribution in [0.1, 0.15) is 29.8 Å². The number of methoxy groups -OCH3 is 1. The van der Waals surface area contributed by atoms with Crippen LogP contribution in [-0.4, -0.2) is 12.2 Å². The molecule has 0 aromatic heterocycles. The minimum Gasteiger partial charge on any atom is -0.496 e. The molecule has 0 bridgehead atoms. The number of hydrogen-bond donors (Lipinski definition) is 1. The summed E-state index contributed by atoms with van der Waals surface area (Å²) in [5, 5.41) is 10.3. The average molecular weight is 414 g/mol. The van der Waals surface area contributed by atoms with E-state index in [1.54, 1.807) is 7.11 Å². The van der Waals surface area contributed by atoms with Gasteiger partial charge >= 0.3 is 0 Å². The van der Waals surface area contributed by atoms with Crippen molar-refractivity contribution in [3.05, 3.63) is 56.5 Å². The lowest BCUT2D eigenvalue weighted by atomic mass is 9.95. The molecule has 110 valence electrons. The SMILES string of the molecule is COc1ccc(C2C[C@H](O)c3ccc(Br)cc3O2)cc1Br. The number of rotatable bonds is 2. The van der Waals surface area contributed by atoms with Crippen LogP contribution in [-0.2, 0) is 0 Å². The molecule has 0 amide bonds. The van der Waals surface area contributed by atoms with Crippen molar-refractivity contribution in [1.29, 1.82) is 0 Å². The second-order valence-electron chi connectivity index (χ2n) is 4.93. The van der Waals surface area contributed by atoms with Crippen LogP contribution >= 0.6 is 31.9 Å². The Morgan fingerprint density at radius 1 is 1.19 bits per heavy atom. The van der Waals surface area contributed by atoms with Crippen molar-refractivity contribution < 1.29 is 14.6 Å². The van der Waals surface area contributed by atoms with Crippen LogP contribution < -0.4 is 9.47 Å². The fraction of sp³-hybridized carbons (Fsp3) is 0.250. The number of aliphatic hydroxyl groups is 1. The lowest BCUT2D eigenvalue weighted by Crippen LogP contribution is -2.19. The van der Waals surface area contributed by atoms with Gasteiger partial charge in [-0.2, -0.15) is 0 Å². The number of fused-ring (bicyclic) bond motifs is 1. The summed E-state index contributed by atoms with van der Waals surface area (Å²) in [6, 6.07) is 11.5. The summed E-state index contributed by atoms with van der Waals surface area (Å²) in [6.07, 6.45) is -0.162. The van der Waals surface area contributed by atoms with Gasteiger partial charge in [0.05, 0.1) is 17.7 Å². The lowest BCUT2D eigenvalue weighted by molar-refractivity contribution is 0.0656. The third-order valence-corrected chi connectivity index (χ3v) is 4.70. The van der Waals surface area contributed by atoms with E-state index in [0.29, 0.717) is 6.42 Å². The smallest absolute Gasteiger partial charge is 0.133 e. The van der Waals surface area contributed by atoms with Gasteiger partial charge in [0, 0.05) is 16.5 Å². The van der Waals surface area contributed by atoms with Gasteiger partial charge in [-0.25, -0.2) is 0 Å². The highest BCUT2D eigenvalue weighted by atomic mass is 79.9. The molecule has 3 nitrogen and oxygen atoms in total. The number of halogens is 2. The topological polar surface area (TPSA) is 38.7 Å². The molecule has 2 atom stereocenters. The van der Waals surface area contributed by atoms with Gasteiger partial charge in [-0.3, -0.25) is 0 Å². The zero-order valence-corrected chi connectivity index (χ0v) is 14.5. The number of ether oxygens (including phenoxy) is 2. The third kappa shape index (κ3) is 2.96. The van der Waals surface area contributed by atoms with Crippen LogP contribution in [0, 0.1) is 0 Å². The van der Waals surface area contributed by atoms with Crippen molar-refractivity contribution >= 4 is 31.9 Å². The Kier molecular flexibility index (Phi) is 4.24. The van der Waals surface area contributed by atoms with Crippen LogP contribution in [0.4, 0.5) is 0 Å². The van der Waals surface area contributed by atoms with Gasteiger partial charge < -0.3 is 14.6 Å². The molecule has 0 saturated heterocycles. The molecule has 1 aliphatic rings. The van der Waals surface area contributed by atoms with E-state index in [1.165, 1.54) is 0 Å². The molecule has 21 heavy (non-hydrogen) atoms. The van der Waals surface area contributed by atoms with Crippen LogP contribution in [0.15, 0.2) is 45.3 Å². The lowest BCUT2D eigenvalue weighted by Gasteiger charge is -2.30. The molecule has 1 N–H and O–H groups in total. The normalized spacial score (nSPS) is 20.6. The summed E-state index contributed by atoms with van der Waals surface area (Å²) in [4.78, 5) is 0. The monoisotopic (exact) mass is 412 g/mol. The molecule has 3 rings (SSSR count). The van der Waals surface area contributed by atoms with Gasteiger partial charge in [0.1, 0.15) is 17.6 Å². The number of hydrogen-bond acceptors (Lipinski definition) is 3. The maximum absolute atomic E-state index is 10.3. The Balaban J connectivity index is 1.93. The molecule has 0 fully saturated rings. The van der Waals surface area contributed by atoms with Crippen LogP contribution in [0.3, 0.4) is 0 Å². The highest BCUT2D eigenvalue weighted by molar-refractivity contribution is 9.10. The Morgan fingerprint density at radius 2 is 2.00 bits per heavy atom. The van der Waals surface area contributed by atoms with Gasteiger partial charge in [-0.15, -0.1) is 0 Å². The maximum atomic E-state index is 10.3. The van der Waals surface area contributed by atoms with Gasteiger partial charge in [0.25, 0.3) is 0 Å². The van der Waals surface area contributed by atoms with Crippen LogP contribution in [0.5, 0.6) is 11.5 Å². The fourth-order valence-corrected chi connectivity index (χ4v) is 3.40. The van der Waals surface area contributed by atoms with Gasteiger partial charge in [-0.1, -0.05) is 28.1 Å².